The normalized spacial score (nSPS) is 18.7. The van der Waals surface area contributed by atoms with Crippen molar-refractivity contribution in [2.75, 3.05) is 5.75 Å². The molecule has 0 aromatic carbocycles. The quantitative estimate of drug-likeness (QED) is 0.833. The molecule has 5 heteroatoms. The zero-order chi connectivity index (χ0) is 13.0. The Labute approximate surface area is 112 Å². The van der Waals surface area contributed by atoms with Crippen LogP contribution in [0.3, 0.4) is 0 Å². The first-order valence-electron chi connectivity index (χ1n) is 6.56. The molecule has 4 nitrogen and oxygen atoms in total. The van der Waals surface area contributed by atoms with Crippen LogP contribution in [0, 0.1) is 5.92 Å². The van der Waals surface area contributed by atoms with Gasteiger partial charge in [0.1, 0.15) is 0 Å². The first-order chi connectivity index (χ1) is 8.68. The molecule has 0 bridgehead atoms. The van der Waals surface area contributed by atoms with E-state index in [1.165, 1.54) is 43.9 Å². The van der Waals surface area contributed by atoms with Gasteiger partial charge >= 0.3 is 5.97 Å². The lowest BCUT2D eigenvalue weighted by Crippen LogP contribution is -2.19. The van der Waals surface area contributed by atoms with Gasteiger partial charge < -0.3 is 9.67 Å². The van der Waals surface area contributed by atoms with Crippen molar-refractivity contribution in [3.05, 3.63) is 12.4 Å². The average molecular weight is 268 g/mol. The summed E-state index contributed by atoms with van der Waals surface area (Å²) in [6.07, 6.45) is 10.3. The van der Waals surface area contributed by atoms with Crippen molar-refractivity contribution in [3.8, 4) is 0 Å². The number of carboxylic acid groups (broad SMARTS) is 1. The molecule has 1 saturated carbocycles. The molecule has 100 valence electrons. The molecule has 0 radical (unpaired) electrons. The molecule has 1 aliphatic carbocycles. The van der Waals surface area contributed by atoms with Crippen LogP contribution in [-0.2, 0) is 4.79 Å². The highest BCUT2D eigenvalue weighted by molar-refractivity contribution is 7.99. The third-order valence-electron chi connectivity index (χ3n) is 3.73. The molecule has 1 aromatic heterocycles. The molecule has 0 saturated heterocycles. The Morgan fingerprint density at radius 1 is 1.56 bits per heavy atom. The lowest BCUT2D eigenvalue weighted by molar-refractivity contribution is -0.133. The second-order valence-corrected chi connectivity index (χ2v) is 5.88. The fourth-order valence-electron chi connectivity index (χ4n) is 2.69. The van der Waals surface area contributed by atoms with Gasteiger partial charge in [0.25, 0.3) is 0 Å². The van der Waals surface area contributed by atoms with Crippen LogP contribution in [0.2, 0.25) is 0 Å². The van der Waals surface area contributed by atoms with Crippen molar-refractivity contribution in [1.29, 1.82) is 0 Å². The van der Waals surface area contributed by atoms with Crippen LogP contribution in [0.5, 0.6) is 0 Å². The van der Waals surface area contributed by atoms with Gasteiger partial charge in [0, 0.05) is 18.4 Å². The third-order valence-corrected chi connectivity index (χ3v) is 4.69. The summed E-state index contributed by atoms with van der Waals surface area (Å²) >= 11 is 1.31. The van der Waals surface area contributed by atoms with E-state index in [-0.39, 0.29) is 5.75 Å². The van der Waals surface area contributed by atoms with Gasteiger partial charge in [-0.1, -0.05) is 31.0 Å². The van der Waals surface area contributed by atoms with E-state index in [4.69, 9.17) is 5.11 Å². The molecule has 1 fully saturated rings. The minimum atomic E-state index is -0.792. The Kier molecular flexibility index (Phi) is 4.69. The van der Waals surface area contributed by atoms with Crippen molar-refractivity contribution in [1.82, 2.24) is 9.55 Å². The van der Waals surface area contributed by atoms with Crippen LogP contribution in [-0.4, -0.2) is 26.4 Å². The molecular weight excluding hydrogens is 248 g/mol. The topological polar surface area (TPSA) is 55.1 Å². The number of aliphatic carboxylic acids is 1. The van der Waals surface area contributed by atoms with Gasteiger partial charge in [-0.05, 0) is 25.7 Å². The Morgan fingerprint density at radius 3 is 2.94 bits per heavy atom. The molecule has 0 spiro atoms. The number of hydrogen-bond donors (Lipinski definition) is 1. The predicted octanol–water partition coefficient (Wildman–Crippen LogP) is 3.20. The molecule has 2 rings (SSSR count). The molecular formula is C13H20N2O2S. The fourth-order valence-corrected chi connectivity index (χ4v) is 3.46. The first-order valence-corrected chi connectivity index (χ1v) is 7.54. The van der Waals surface area contributed by atoms with Crippen LogP contribution < -0.4 is 0 Å². The summed E-state index contributed by atoms with van der Waals surface area (Å²) in [4.78, 5) is 14.9. The minimum absolute atomic E-state index is 0.0778. The molecule has 18 heavy (non-hydrogen) atoms. The number of thioether (sulfide) groups is 1. The van der Waals surface area contributed by atoms with Gasteiger partial charge in [-0.2, -0.15) is 0 Å². The zero-order valence-corrected chi connectivity index (χ0v) is 11.5. The second-order valence-electron chi connectivity index (χ2n) is 4.94. The van der Waals surface area contributed by atoms with Gasteiger partial charge in [-0.25, -0.2) is 4.98 Å². The van der Waals surface area contributed by atoms with Crippen LogP contribution in [0.15, 0.2) is 17.6 Å². The van der Waals surface area contributed by atoms with E-state index in [9.17, 15) is 4.79 Å². The standard InChI is InChI=1S/C13H20N2O2S/c1-10(11-5-3-2-4-6-11)15-8-7-14-13(15)18-9-12(16)17/h7-8,10-11H,2-6,9H2,1H3,(H,16,17). The summed E-state index contributed by atoms with van der Waals surface area (Å²) in [6, 6.07) is 0.420. The van der Waals surface area contributed by atoms with E-state index in [0.29, 0.717) is 12.0 Å². The molecule has 0 amide bonds. The number of nitrogens with zero attached hydrogens (tertiary/aromatic N) is 2. The summed E-state index contributed by atoms with van der Waals surface area (Å²) in [5.41, 5.74) is 0. The van der Waals surface area contributed by atoms with Gasteiger partial charge in [-0.15, -0.1) is 0 Å². The second kappa shape index (κ2) is 6.27. The van der Waals surface area contributed by atoms with Gasteiger partial charge in [0.2, 0.25) is 0 Å². The molecule has 1 atom stereocenters. The number of imidazole rings is 1. The highest BCUT2D eigenvalue weighted by Crippen LogP contribution is 2.34. The van der Waals surface area contributed by atoms with E-state index in [2.05, 4.69) is 16.5 Å². The van der Waals surface area contributed by atoms with E-state index < -0.39 is 5.97 Å². The number of carbonyl (C=O) groups is 1. The molecule has 1 N–H and O–H groups in total. The Balaban J connectivity index is 2.02. The maximum absolute atomic E-state index is 10.6. The van der Waals surface area contributed by atoms with Crippen molar-refractivity contribution in [2.24, 2.45) is 5.92 Å². The maximum Gasteiger partial charge on any atom is 0.313 e. The summed E-state index contributed by atoms with van der Waals surface area (Å²) in [5.74, 6) is -0.00834. The van der Waals surface area contributed by atoms with Crippen molar-refractivity contribution in [2.45, 2.75) is 50.2 Å². The maximum atomic E-state index is 10.6. The third kappa shape index (κ3) is 3.28. The SMILES string of the molecule is CC(C1CCCCC1)n1ccnc1SCC(=O)O. The Hall–Kier alpha value is -0.970. The van der Waals surface area contributed by atoms with E-state index in [1.807, 2.05) is 6.20 Å². The average Bonchev–Trinajstić information content (AvgIpc) is 2.85. The smallest absolute Gasteiger partial charge is 0.313 e. The monoisotopic (exact) mass is 268 g/mol. The van der Waals surface area contributed by atoms with E-state index in [0.717, 1.165) is 5.16 Å². The summed E-state index contributed by atoms with van der Waals surface area (Å²) in [5, 5.41) is 9.56. The van der Waals surface area contributed by atoms with Crippen LogP contribution in [0.1, 0.15) is 45.1 Å². The van der Waals surface area contributed by atoms with Crippen molar-refractivity contribution in [3.63, 3.8) is 0 Å². The van der Waals surface area contributed by atoms with E-state index >= 15 is 0 Å². The molecule has 0 aliphatic heterocycles. The zero-order valence-electron chi connectivity index (χ0n) is 10.7. The molecule has 1 heterocycles. The van der Waals surface area contributed by atoms with Gasteiger partial charge in [0.15, 0.2) is 5.16 Å². The van der Waals surface area contributed by atoms with Crippen molar-refractivity contribution < 1.29 is 9.90 Å². The molecule has 1 unspecified atom stereocenters. The Bertz CT molecular complexity index is 399. The first kappa shape index (κ1) is 13.5. The molecule has 1 aromatic rings. The number of carboxylic acids is 1. The highest BCUT2D eigenvalue weighted by Gasteiger charge is 2.23. The summed E-state index contributed by atoms with van der Waals surface area (Å²) in [6.45, 7) is 2.22. The fraction of sp³-hybridized carbons (Fsp3) is 0.692. The van der Waals surface area contributed by atoms with Gasteiger partial charge in [0.05, 0.1) is 5.75 Å². The Morgan fingerprint density at radius 2 is 2.28 bits per heavy atom. The minimum Gasteiger partial charge on any atom is -0.481 e. The summed E-state index contributed by atoms with van der Waals surface area (Å²) < 4.78 is 2.14. The van der Waals surface area contributed by atoms with E-state index in [1.54, 1.807) is 6.20 Å². The van der Waals surface area contributed by atoms with Crippen LogP contribution in [0.4, 0.5) is 0 Å². The molecule has 1 aliphatic rings. The predicted molar refractivity (Wildman–Crippen MR) is 71.9 cm³/mol. The van der Waals surface area contributed by atoms with Crippen LogP contribution in [0.25, 0.3) is 0 Å². The number of rotatable bonds is 5. The summed E-state index contributed by atoms with van der Waals surface area (Å²) in [7, 11) is 0. The highest BCUT2D eigenvalue weighted by atomic mass is 32.2. The van der Waals surface area contributed by atoms with Crippen molar-refractivity contribution >= 4 is 17.7 Å². The lowest BCUT2D eigenvalue weighted by atomic mass is 9.84. The lowest BCUT2D eigenvalue weighted by Gasteiger charge is -2.29. The number of hydrogen-bond acceptors (Lipinski definition) is 3. The van der Waals surface area contributed by atoms with Crippen LogP contribution >= 0.6 is 11.8 Å². The largest absolute Gasteiger partial charge is 0.481 e. The van der Waals surface area contributed by atoms with Gasteiger partial charge in [-0.3, -0.25) is 4.79 Å². The number of aromatic nitrogens is 2.